The maximum absolute atomic E-state index is 11.7. The minimum atomic E-state index is -2.15. The normalized spacial score (nSPS) is 52.9. The highest BCUT2D eigenvalue weighted by atomic mass is 32.2. The van der Waals surface area contributed by atoms with Gasteiger partial charge >= 0.3 is 0 Å². The van der Waals surface area contributed by atoms with E-state index in [2.05, 4.69) is 0 Å². The van der Waals surface area contributed by atoms with Gasteiger partial charge in [0, 0.05) is 12.3 Å². The van der Waals surface area contributed by atoms with E-state index in [0.29, 0.717) is 12.0 Å². The smallest absolute Gasteiger partial charge is 0.187 e. The van der Waals surface area contributed by atoms with Crippen molar-refractivity contribution in [2.24, 2.45) is 5.73 Å². The number of rotatable bonds is 10. The van der Waals surface area contributed by atoms with Gasteiger partial charge < -0.3 is 154 Å². The number of hydrogen-bond donors (Lipinski definition) is 18. The molecule has 0 saturated carbocycles. The van der Waals surface area contributed by atoms with E-state index < -0.39 is 224 Å². The highest BCUT2D eigenvalue weighted by molar-refractivity contribution is 7.94. The van der Waals surface area contributed by atoms with E-state index in [1.54, 1.807) is 0 Å². The predicted octanol–water partition coefficient (Wildman–Crippen LogP) is -12.4. The van der Waals surface area contributed by atoms with E-state index in [9.17, 15) is 86.8 Å². The first-order chi connectivity index (χ1) is 33.5. The Morgan fingerprint density at radius 2 is 0.514 bits per heavy atom. The van der Waals surface area contributed by atoms with Gasteiger partial charge in [-0.25, -0.2) is 0 Å². The van der Waals surface area contributed by atoms with Crippen molar-refractivity contribution >= 4 is 12.0 Å². The molecule has 0 radical (unpaired) electrons. The van der Waals surface area contributed by atoms with Crippen LogP contribution in [0.2, 0.25) is 0 Å². The quantitative estimate of drug-likeness (QED) is 0.0713. The van der Waals surface area contributed by atoms with Gasteiger partial charge in [-0.3, -0.25) is 0 Å². The summed E-state index contributed by atoms with van der Waals surface area (Å²) in [5.74, 6) is 0.120. The second-order valence-corrected chi connectivity index (χ2v) is 18.4. The molecule has 0 aromatic carbocycles. The fourth-order valence-corrected chi connectivity index (χ4v) is 9.77. The maximum Gasteiger partial charge on any atom is 0.187 e. The van der Waals surface area contributed by atoms with Gasteiger partial charge in [0.15, 0.2) is 37.7 Å². The molecule has 0 aromatic heterocycles. The molecule has 0 unspecified atom stereocenters. The van der Waals surface area contributed by atoms with Crippen LogP contribution in [-0.2, 0) is 61.0 Å². The summed E-state index contributed by atoms with van der Waals surface area (Å²) in [5, 5.41) is 187. The van der Waals surface area contributed by atoms with Crippen LogP contribution in [0.3, 0.4) is 0 Å². The van der Waals surface area contributed by atoms with Crippen molar-refractivity contribution < 1.29 is 148 Å². The van der Waals surface area contributed by atoms with Crippen LogP contribution in [0.1, 0.15) is 0 Å². The second-order valence-electron chi connectivity index (χ2n) is 17.5. The van der Waals surface area contributed by atoms with E-state index in [1.165, 1.54) is 0 Å². The lowest BCUT2D eigenvalue weighted by Gasteiger charge is -2.51. The van der Waals surface area contributed by atoms with Gasteiger partial charge in [0.05, 0.1) is 39.6 Å². The third-order valence-electron chi connectivity index (χ3n) is 13.0. The van der Waals surface area contributed by atoms with Crippen molar-refractivity contribution in [3.8, 4) is 0 Å². The molecule has 22 saturated heterocycles. The topological polar surface area (TPSA) is 490 Å². The standard InChI is InChI=1S/C38H65NO30S/c39-1-2-70-69-32-25(56)38-62-14(8-45)31(32)68-37-24(55)19(50)29(12(6-43)61-37)66-35-22(53)17(48)27(10(4-41)59-35)64-33-20(51)15(46)26(9(3-40)57-33)63-34-21(52)16(47)28(11(5-42)58-34)65-36-23(54)18(49)30(67-38)13(7-44)60-36/h9-38,40-56H,1-8,39H2/t9-,10-,11-,12-,13-,14-,15-,16-,17-,18-,19-,20-,21-,22-,23-,24-,25-,26-,27-,28-,29-,30-,31+,32-,33-,34-,35-,36-,37-,38-/m1/s1. The van der Waals surface area contributed by atoms with Crippen LogP contribution < -0.4 is 5.73 Å². The third kappa shape index (κ3) is 11.4. The van der Waals surface area contributed by atoms with Crippen LogP contribution in [0, 0.1) is 0 Å². The molecule has 22 aliphatic rings. The zero-order valence-corrected chi connectivity index (χ0v) is 37.7. The zero-order chi connectivity index (χ0) is 50.9. The van der Waals surface area contributed by atoms with Crippen molar-refractivity contribution in [3.05, 3.63) is 0 Å². The molecule has 30 atom stereocenters. The molecule has 408 valence electrons. The van der Waals surface area contributed by atoms with E-state index >= 15 is 0 Å². The van der Waals surface area contributed by atoms with E-state index in [1.807, 2.05) is 0 Å². The number of aliphatic hydroxyl groups excluding tert-OH is 17. The van der Waals surface area contributed by atoms with Gasteiger partial charge in [-0.05, 0) is 12.0 Å². The number of hydrogen-bond acceptors (Lipinski definition) is 32. The summed E-state index contributed by atoms with van der Waals surface area (Å²) in [7, 11) is 0. The lowest BCUT2D eigenvalue weighted by molar-refractivity contribution is -0.403. The lowest BCUT2D eigenvalue weighted by atomic mass is 9.94. The van der Waals surface area contributed by atoms with Crippen LogP contribution >= 0.6 is 12.0 Å². The predicted molar refractivity (Wildman–Crippen MR) is 216 cm³/mol. The summed E-state index contributed by atoms with van der Waals surface area (Å²) < 4.78 is 75.0. The molecule has 0 aliphatic carbocycles. The Morgan fingerprint density at radius 1 is 0.300 bits per heavy atom. The SMILES string of the molecule is NCCSO[C@@H]1[C@@H](O)[C@H]2O[C@H]3[C@H](O)[C@@H](O)[C@@H](O[C@H]4[C@H](O)[C@@H](O)[C@@H](O[C@H]5[C@H](O)[C@@H](O)[C@@H](O[C@H]6[C@H](O)[C@@H](O)[C@@H](O[C@H]7[C@H](O)[C@@H](O)[C@@H](O[C@H]1[C@@H](CO)O2)O[C@@H]7CO)O[C@@H]6CO)O[C@@H]5CO)O[C@@H]4CO)O[C@@H]3CO. The highest BCUT2D eigenvalue weighted by Gasteiger charge is 2.59. The fourth-order valence-electron chi connectivity index (χ4n) is 9.20. The van der Waals surface area contributed by atoms with Crippen LogP contribution in [0.25, 0.3) is 0 Å². The second kappa shape index (κ2) is 24.8. The Morgan fingerprint density at radius 3 is 0.743 bits per heavy atom. The Balaban J connectivity index is 1.21. The first-order valence-corrected chi connectivity index (χ1v) is 23.4. The van der Waals surface area contributed by atoms with Gasteiger partial charge in [-0.15, -0.1) is 0 Å². The van der Waals surface area contributed by atoms with Gasteiger partial charge in [0.2, 0.25) is 0 Å². The summed E-state index contributed by atoms with van der Waals surface area (Å²) in [6.45, 7) is -5.82. The number of nitrogens with two attached hydrogens (primary N) is 1. The summed E-state index contributed by atoms with van der Waals surface area (Å²) in [6.07, 6.45) is -57.2. The summed E-state index contributed by atoms with van der Waals surface area (Å²) >= 11 is 0.717. The van der Waals surface area contributed by atoms with Crippen LogP contribution in [0.5, 0.6) is 0 Å². The minimum Gasteiger partial charge on any atom is -0.394 e. The van der Waals surface area contributed by atoms with E-state index in [0.717, 1.165) is 0 Å². The van der Waals surface area contributed by atoms with Crippen LogP contribution in [0.15, 0.2) is 0 Å². The molecular formula is C38H65NO30S. The molecule has 0 amide bonds. The van der Waals surface area contributed by atoms with Gasteiger partial charge in [-0.1, -0.05) is 0 Å². The average molecular weight is 1050 g/mol. The number of aliphatic hydroxyl groups is 17. The summed E-state index contributed by atoms with van der Waals surface area (Å²) in [4.78, 5) is 0. The molecule has 70 heavy (non-hydrogen) atoms. The Hall–Kier alpha value is -0.890. The van der Waals surface area contributed by atoms with Gasteiger partial charge in [0.1, 0.15) is 146 Å². The first-order valence-electron chi connectivity index (χ1n) is 22.4. The van der Waals surface area contributed by atoms with Crippen LogP contribution in [0.4, 0.5) is 0 Å². The molecule has 0 spiro atoms. The molecule has 22 fully saturated rings. The molecule has 22 rings (SSSR count). The number of ether oxygens (including phenoxy) is 12. The molecule has 19 N–H and O–H groups in total. The molecule has 22 heterocycles. The molecule has 12 bridgehead atoms. The Labute approximate surface area is 401 Å². The largest absolute Gasteiger partial charge is 0.394 e. The van der Waals surface area contributed by atoms with E-state index in [4.69, 9.17) is 66.8 Å². The average Bonchev–Trinajstić information content (AvgIpc) is 3.35. The molecule has 32 heteroatoms. The van der Waals surface area contributed by atoms with E-state index in [-0.39, 0.29) is 12.3 Å². The third-order valence-corrected chi connectivity index (χ3v) is 13.8. The summed E-state index contributed by atoms with van der Waals surface area (Å²) in [6, 6.07) is 0. The fraction of sp³-hybridized carbons (Fsp3) is 1.00. The monoisotopic (exact) mass is 1050 g/mol. The molecular weight excluding hydrogens is 982 g/mol. The summed E-state index contributed by atoms with van der Waals surface area (Å²) in [5.41, 5.74) is 5.64. The minimum absolute atomic E-state index is 0.0627. The van der Waals surface area contributed by atoms with Crippen molar-refractivity contribution in [2.75, 3.05) is 51.9 Å². The lowest BCUT2D eigenvalue weighted by Crippen LogP contribution is -2.69. The van der Waals surface area contributed by atoms with Crippen molar-refractivity contribution in [1.82, 2.24) is 0 Å². The molecule has 31 nitrogen and oxygen atoms in total. The van der Waals surface area contributed by atoms with Gasteiger partial charge in [-0.2, -0.15) is 0 Å². The van der Waals surface area contributed by atoms with Crippen LogP contribution in [-0.4, -0.2) is 323 Å². The highest BCUT2D eigenvalue weighted by Crippen LogP contribution is 2.39. The van der Waals surface area contributed by atoms with Crippen molar-refractivity contribution in [3.63, 3.8) is 0 Å². The first kappa shape index (κ1) is 56.8. The Bertz CT molecular complexity index is 1590. The van der Waals surface area contributed by atoms with Crippen molar-refractivity contribution in [2.45, 2.75) is 184 Å². The maximum atomic E-state index is 11.7. The molecule has 0 aromatic rings. The van der Waals surface area contributed by atoms with Gasteiger partial charge in [0.25, 0.3) is 0 Å². The zero-order valence-electron chi connectivity index (χ0n) is 36.9. The molecule has 22 aliphatic heterocycles. The van der Waals surface area contributed by atoms with Crippen molar-refractivity contribution in [1.29, 1.82) is 0 Å². The Kier molecular flexibility index (Phi) is 20.2.